The minimum absolute atomic E-state index is 0.195. The van der Waals surface area contributed by atoms with Crippen LogP contribution in [0, 0.1) is 0 Å². The lowest BCUT2D eigenvalue weighted by atomic mass is 10.2. The van der Waals surface area contributed by atoms with Gasteiger partial charge in [0.1, 0.15) is 6.61 Å². The van der Waals surface area contributed by atoms with Gasteiger partial charge in [-0.3, -0.25) is 0 Å². The topological polar surface area (TPSA) is 47.0 Å². The molecule has 6 heteroatoms. The van der Waals surface area contributed by atoms with E-state index in [9.17, 15) is 8.78 Å². The Morgan fingerprint density at radius 1 is 1.28 bits per heavy atom. The molecule has 0 unspecified atom stereocenters. The molecule has 2 rings (SSSR count). The lowest BCUT2D eigenvalue weighted by Crippen LogP contribution is -2.14. The number of para-hydroxylation sites is 1. The summed E-state index contributed by atoms with van der Waals surface area (Å²) in [6, 6.07) is 7.61. The monoisotopic (exact) mass is 253 g/mol. The van der Waals surface area contributed by atoms with Crippen LogP contribution >= 0.6 is 0 Å². The maximum Gasteiger partial charge on any atom is 0.261 e. The number of hydrogen-bond donors (Lipinski definition) is 1. The third-order valence-corrected chi connectivity index (χ3v) is 2.26. The zero-order chi connectivity index (χ0) is 12.8. The molecule has 1 N–H and O–H groups in total. The van der Waals surface area contributed by atoms with Crippen LogP contribution in [0.5, 0.6) is 0 Å². The normalized spacial score (nSPS) is 11.1. The predicted octanol–water partition coefficient (Wildman–Crippen LogP) is 2.32. The molecule has 1 aromatic heterocycles. The van der Waals surface area contributed by atoms with Gasteiger partial charge in [-0.1, -0.05) is 18.2 Å². The highest BCUT2D eigenvalue weighted by atomic mass is 19.3. The quantitative estimate of drug-likeness (QED) is 0.802. The molecule has 1 heterocycles. The summed E-state index contributed by atoms with van der Waals surface area (Å²) in [5.74, 6) is 0.467. The Morgan fingerprint density at radius 3 is 2.94 bits per heavy atom. The molecule has 0 fully saturated rings. The minimum Gasteiger partial charge on any atom is -0.374 e. The van der Waals surface area contributed by atoms with Crippen molar-refractivity contribution in [1.29, 1.82) is 0 Å². The van der Waals surface area contributed by atoms with E-state index in [1.54, 1.807) is 6.20 Å². The maximum atomic E-state index is 11.8. The summed E-state index contributed by atoms with van der Waals surface area (Å²) in [7, 11) is 0. The van der Waals surface area contributed by atoms with Crippen LogP contribution in [0.3, 0.4) is 0 Å². The van der Waals surface area contributed by atoms with E-state index >= 15 is 0 Å². The number of fused-ring (bicyclic) bond motifs is 1. The first-order valence-corrected chi connectivity index (χ1v) is 5.57. The van der Waals surface area contributed by atoms with Gasteiger partial charge in [0.05, 0.1) is 12.1 Å². The van der Waals surface area contributed by atoms with Crippen LogP contribution in [0.1, 0.15) is 0 Å². The number of aromatic nitrogens is 2. The van der Waals surface area contributed by atoms with E-state index in [0.29, 0.717) is 12.5 Å². The highest BCUT2D eigenvalue weighted by Crippen LogP contribution is 2.11. The van der Waals surface area contributed by atoms with Gasteiger partial charge in [-0.05, 0) is 6.07 Å². The van der Waals surface area contributed by atoms with Gasteiger partial charge >= 0.3 is 0 Å². The Kier molecular flexibility index (Phi) is 4.35. The molecule has 0 aliphatic rings. The molecule has 1 aromatic carbocycles. The molecule has 0 bridgehead atoms. The van der Waals surface area contributed by atoms with Gasteiger partial charge in [-0.2, -0.15) is 0 Å². The number of rotatable bonds is 6. The van der Waals surface area contributed by atoms with Gasteiger partial charge in [0, 0.05) is 18.1 Å². The molecule has 0 radical (unpaired) electrons. The molecule has 0 saturated carbocycles. The van der Waals surface area contributed by atoms with Crippen LogP contribution in [0.2, 0.25) is 0 Å². The fourth-order valence-electron chi connectivity index (χ4n) is 1.46. The van der Waals surface area contributed by atoms with Gasteiger partial charge in [0.25, 0.3) is 6.43 Å². The minimum atomic E-state index is -2.43. The van der Waals surface area contributed by atoms with Crippen LogP contribution < -0.4 is 5.32 Å². The number of ether oxygens (including phenoxy) is 1. The largest absolute Gasteiger partial charge is 0.374 e. The molecular weight excluding hydrogens is 240 g/mol. The van der Waals surface area contributed by atoms with Crippen molar-refractivity contribution < 1.29 is 13.5 Å². The molecule has 0 aliphatic carbocycles. The van der Waals surface area contributed by atoms with Gasteiger partial charge < -0.3 is 10.1 Å². The average Bonchev–Trinajstić information content (AvgIpc) is 2.38. The second-order valence-corrected chi connectivity index (χ2v) is 3.65. The summed E-state index contributed by atoms with van der Waals surface area (Å²) in [5, 5.41) is 3.87. The fourth-order valence-corrected chi connectivity index (χ4v) is 1.46. The Bertz CT molecular complexity index is 507. The molecule has 0 aliphatic heterocycles. The van der Waals surface area contributed by atoms with Crippen LogP contribution in [0.25, 0.3) is 10.9 Å². The van der Waals surface area contributed by atoms with Gasteiger partial charge in [0.15, 0.2) is 0 Å². The van der Waals surface area contributed by atoms with Crippen molar-refractivity contribution in [2.75, 3.05) is 25.1 Å². The first-order chi connectivity index (χ1) is 8.75. The summed E-state index contributed by atoms with van der Waals surface area (Å²) in [5.41, 5.74) is 0.837. The Hall–Kier alpha value is -1.82. The van der Waals surface area contributed by atoms with Gasteiger partial charge in [-0.15, -0.1) is 0 Å². The van der Waals surface area contributed by atoms with Crippen molar-refractivity contribution in [2.24, 2.45) is 0 Å². The summed E-state index contributed by atoms with van der Waals surface area (Å²) in [6.45, 7) is 0.0475. The maximum absolute atomic E-state index is 11.8. The molecular formula is C12H13F2N3O. The summed E-state index contributed by atoms with van der Waals surface area (Å²) < 4.78 is 28.3. The van der Waals surface area contributed by atoms with E-state index < -0.39 is 13.0 Å². The second kappa shape index (κ2) is 6.20. The smallest absolute Gasteiger partial charge is 0.261 e. The molecule has 4 nitrogen and oxygen atoms in total. The predicted molar refractivity (Wildman–Crippen MR) is 64.9 cm³/mol. The molecule has 96 valence electrons. The molecule has 18 heavy (non-hydrogen) atoms. The molecule has 2 aromatic rings. The third kappa shape index (κ3) is 3.59. The lowest BCUT2D eigenvalue weighted by molar-refractivity contribution is 0.0214. The van der Waals surface area contributed by atoms with Crippen LogP contribution in [0.4, 0.5) is 14.7 Å². The average molecular weight is 253 g/mol. The first kappa shape index (κ1) is 12.6. The first-order valence-electron chi connectivity index (χ1n) is 5.57. The number of halogens is 2. The Balaban J connectivity index is 1.84. The molecule has 0 atom stereocenters. The number of benzene rings is 1. The van der Waals surface area contributed by atoms with E-state index in [0.717, 1.165) is 10.9 Å². The number of nitrogens with one attached hydrogen (secondary N) is 1. The molecule has 0 spiro atoms. The summed E-state index contributed by atoms with van der Waals surface area (Å²) >= 11 is 0. The standard InChI is InChI=1S/C12H13F2N3O/c13-11(14)8-18-6-5-15-12-16-7-9-3-1-2-4-10(9)17-12/h1-4,7,11H,5-6,8H2,(H,15,16,17). The van der Waals surface area contributed by atoms with E-state index in [2.05, 4.69) is 15.3 Å². The summed E-state index contributed by atoms with van der Waals surface area (Å²) in [6.07, 6.45) is -0.716. The van der Waals surface area contributed by atoms with Crippen molar-refractivity contribution in [3.8, 4) is 0 Å². The van der Waals surface area contributed by atoms with E-state index in [1.165, 1.54) is 0 Å². The van der Waals surface area contributed by atoms with E-state index in [1.807, 2.05) is 24.3 Å². The Labute approximate surface area is 103 Å². The highest BCUT2D eigenvalue weighted by Gasteiger charge is 2.02. The summed E-state index contributed by atoms with van der Waals surface area (Å²) in [4.78, 5) is 8.40. The van der Waals surface area contributed by atoms with Crippen molar-refractivity contribution in [2.45, 2.75) is 6.43 Å². The third-order valence-electron chi connectivity index (χ3n) is 2.26. The Morgan fingerprint density at radius 2 is 2.11 bits per heavy atom. The lowest BCUT2D eigenvalue weighted by Gasteiger charge is -2.06. The van der Waals surface area contributed by atoms with Gasteiger partial charge in [0.2, 0.25) is 5.95 Å². The van der Waals surface area contributed by atoms with Crippen molar-refractivity contribution in [3.63, 3.8) is 0 Å². The van der Waals surface area contributed by atoms with E-state index in [-0.39, 0.29) is 6.61 Å². The molecule has 0 amide bonds. The van der Waals surface area contributed by atoms with Gasteiger partial charge in [-0.25, -0.2) is 18.7 Å². The number of alkyl halides is 2. The van der Waals surface area contributed by atoms with Crippen LogP contribution in [-0.2, 0) is 4.74 Å². The van der Waals surface area contributed by atoms with Crippen molar-refractivity contribution >= 4 is 16.9 Å². The molecule has 0 saturated heterocycles. The zero-order valence-electron chi connectivity index (χ0n) is 9.64. The second-order valence-electron chi connectivity index (χ2n) is 3.65. The highest BCUT2D eigenvalue weighted by molar-refractivity contribution is 5.78. The van der Waals surface area contributed by atoms with Crippen molar-refractivity contribution in [1.82, 2.24) is 9.97 Å². The fraction of sp³-hybridized carbons (Fsp3) is 0.333. The SMILES string of the molecule is FC(F)COCCNc1ncc2ccccc2n1. The van der Waals surface area contributed by atoms with Crippen LogP contribution in [0.15, 0.2) is 30.5 Å². The number of anilines is 1. The number of nitrogens with zero attached hydrogens (tertiary/aromatic N) is 2. The van der Waals surface area contributed by atoms with Crippen molar-refractivity contribution in [3.05, 3.63) is 30.5 Å². The zero-order valence-corrected chi connectivity index (χ0v) is 9.64. The van der Waals surface area contributed by atoms with E-state index in [4.69, 9.17) is 4.74 Å². The number of hydrogen-bond acceptors (Lipinski definition) is 4. The van der Waals surface area contributed by atoms with Crippen LogP contribution in [-0.4, -0.2) is 36.2 Å².